The lowest BCUT2D eigenvalue weighted by Crippen LogP contribution is -2.37. The van der Waals surface area contributed by atoms with Crippen molar-refractivity contribution in [1.29, 1.82) is 0 Å². The van der Waals surface area contributed by atoms with Crippen molar-refractivity contribution in [2.24, 2.45) is 0 Å². The third kappa shape index (κ3) is 2.86. The van der Waals surface area contributed by atoms with E-state index in [1.165, 1.54) is 24.0 Å². The summed E-state index contributed by atoms with van der Waals surface area (Å²) in [4.78, 5) is 11.1. The molecule has 2 unspecified atom stereocenters. The van der Waals surface area contributed by atoms with Gasteiger partial charge in [-0.05, 0) is 30.4 Å². The Morgan fingerprint density at radius 1 is 1.13 bits per heavy atom. The fourth-order valence-electron chi connectivity index (χ4n) is 3.76. The fraction of sp³-hybridized carbons (Fsp3) is 0.368. The third-order valence-electron chi connectivity index (χ3n) is 4.93. The first kappa shape index (κ1) is 14.4. The quantitative estimate of drug-likeness (QED) is 0.868. The van der Waals surface area contributed by atoms with Crippen LogP contribution in [-0.4, -0.2) is 34.1 Å². The van der Waals surface area contributed by atoms with E-state index in [0.717, 1.165) is 18.5 Å². The minimum atomic E-state index is 0.429. The lowest BCUT2D eigenvalue weighted by Gasteiger charge is -2.34. The number of hydrogen-bond donors (Lipinski definition) is 0. The number of ether oxygens (including phenoxy) is 1. The maximum Gasteiger partial charge on any atom is 0.316 e. The summed E-state index contributed by atoms with van der Waals surface area (Å²) >= 11 is 0. The van der Waals surface area contributed by atoms with Crippen molar-refractivity contribution in [3.63, 3.8) is 0 Å². The zero-order valence-electron chi connectivity index (χ0n) is 13.4. The summed E-state index contributed by atoms with van der Waals surface area (Å²) in [6.07, 6.45) is 9.77. The van der Waals surface area contributed by atoms with E-state index in [1.807, 2.05) is 12.4 Å². The molecule has 118 valence electrons. The Balaban J connectivity index is 1.54. The van der Waals surface area contributed by atoms with Crippen LogP contribution in [0, 0.1) is 0 Å². The number of hydrogen-bond acceptors (Lipinski definition) is 4. The first-order valence-corrected chi connectivity index (χ1v) is 8.20. The van der Waals surface area contributed by atoms with Crippen molar-refractivity contribution in [3.05, 3.63) is 59.9 Å². The molecule has 1 aromatic heterocycles. The second-order valence-corrected chi connectivity index (χ2v) is 6.31. The molecular weight excluding hydrogens is 286 g/mol. The van der Waals surface area contributed by atoms with Crippen LogP contribution in [0.5, 0.6) is 6.01 Å². The van der Waals surface area contributed by atoms with Gasteiger partial charge < -0.3 is 4.74 Å². The average Bonchev–Trinajstić information content (AvgIpc) is 2.84. The first-order valence-electron chi connectivity index (χ1n) is 8.20. The molecule has 4 heteroatoms. The maximum atomic E-state index is 5.04. The largest absolute Gasteiger partial charge is 0.467 e. The summed E-state index contributed by atoms with van der Waals surface area (Å²) in [6, 6.07) is 12.4. The summed E-state index contributed by atoms with van der Waals surface area (Å²) < 4.78 is 5.04. The number of benzene rings is 1. The molecule has 2 aliphatic heterocycles. The monoisotopic (exact) mass is 307 g/mol. The molecule has 0 spiro atoms. The Labute approximate surface area is 136 Å². The number of methoxy groups -OCH3 is 1. The molecule has 0 saturated carbocycles. The molecule has 1 fully saturated rings. The lowest BCUT2D eigenvalue weighted by molar-refractivity contribution is 0.203. The Kier molecular flexibility index (Phi) is 3.83. The van der Waals surface area contributed by atoms with Gasteiger partial charge in [0, 0.05) is 36.6 Å². The van der Waals surface area contributed by atoms with Gasteiger partial charge in [0.05, 0.1) is 7.11 Å². The predicted octanol–water partition coefficient (Wildman–Crippen LogP) is 3.31. The molecule has 1 saturated heterocycles. The predicted molar refractivity (Wildman–Crippen MR) is 90.0 cm³/mol. The molecule has 2 atom stereocenters. The van der Waals surface area contributed by atoms with Gasteiger partial charge in [0.1, 0.15) is 0 Å². The molecule has 2 bridgehead atoms. The Hall–Kier alpha value is -2.20. The van der Waals surface area contributed by atoms with Crippen molar-refractivity contribution in [1.82, 2.24) is 14.9 Å². The zero-order valence-corrected chi connectivity index (χ0v) is 13.4. The molecule has 0 amide bonds. The van der Waals surface area contributed by atoms with E-state index in [1.54, 1.807) is 7.11 Å². The summed E-state index contributed by atoms with van der Waals surface area (Å²) in [5.74, 6) is 0. The van der Waals surface area contributed by atoms with Crippen LogP contribution < -0.4 is 4.74 Å². The van der Waals surface area contributed by atoms with E-state index in [9.17, 15) is 0 Å². The van der Waals surface area contributed by atoms with Gasteiger partial charge in [-0.25, -0.2) is 9.97 Å². The SMILES string of the molecule is COc1ncc(C2=CC3CCC(C2)N3Cc2ccccc2)cn1. The topological polar surface area (TPSA) is 38.2 Å². The van der Waals surface area contributed by atoms with Gasteiger partial charge in [-0.2, -0.15) is 0 Å². The van der Waals surface area contributed by atoms with Crippen LogP contribution >= 0.6 is 0 Å². The van der Waals surface area contributed by atoms with Gasteiger partial charge in [0.2, 0.25) is 0 Å². The standard InChI is InChI=1S/C19H21N3O/c1-23-19-20-11-16(12-21-19)15-9-17-7-8-18(10-15)22(17)13-14-5-3-2-4-6-14/h2-6,9,11-12,17-18H,7-8,10,13H2,1H3. The van der Waals surface area contributed by atoms with Crippen molar-refractivity contribution < 1.29 is 4.74 Å². The van der Waals surface area contributed by atoms with Crippen LogP contribution in [0.1, 0.15) is 30.4 Å². The molecule has 0 radical (unpaired) electrons. The second kappa shape index (κ2) is 6.13. The van der Waals surface area contributed by atoms with Crippen LogP contribution in [0.15, 0.2) is 48.8 Å². The van der Waals surface area contributed by atoms with E-state index in [0.29, 0.717) is 18.1 Å². The van der Waals surface area contributed by atoms with E-state index in [-0.39, 0.29) is 0 Å². The van der Waals surface area contributed by atoms with Crippen molar-refractivity contribution in [2.75, 3.05) is 7.11 Å². The summed E-state index contributed by atoms with van der Waals surface area (Å²) in [6.45, 7) is 1.04. The highest BCUT2D eigenvalue weighted by atomic mass is 16.5. The number of fused-ring (bicyclic) bond motifs is 2. The Bertz CT molecular complexity index is 696. The van der Waals surface area contributed by atoms with Gasteiger partial charge in [0.25, 0.3) is 0 Å². The van der Waals surface area contributed by atoms with Crippen LogP contribution in [0.2, 0.25) is 0 Å². The molecule has 23 heavy (non-hydrogen) atoms. The molecule has 0 aliphatic carbocycles. The number of aromatic nitrogens is 2. The zero-order chi connectivity index (χ0) is 15.6. The molecule has 1 aromatic carbocycles. The number of rotatable bonds is 4. The number of nitrogens with zero attached hydrogens (tertiary/aromatic N) is 3. The first-order chi connectivity index (χ1) is 11.3. The highest BCUT2D eigenvalue weighted by Crippen LogP contribution is 2.39. The minimum absolute atomic E-state index is 0.429. The van der Waals surface area contributed by atoms with Crippen LogP contribution in [0.3, 0.4) is 0 Å². The molecular formula is C19H21N3O. The van der Waals surface area contributed by atoms with Crippen LogP contribution in [0.4, 0.5) is 0 Å². The Morgan fingerprint density at radius 3 is 2.61 bits per heavy atom. The van der Waals surface area contributed by atoms with Gasteiger partial charge in [0.15, 0.2) is 0 Å². The fourth-order valence-corrected chi connectivity index (χ4v) is 3.76. The van der Waals surface area contributed by atoms with E-state index >= 15 is 0 Å². The summed E-state index contributed by atoms with van der Waals surface area (Å²) in [5.41, 5.74) is 3.90. The van der Waals surface area contributed by atoms with Crippen molar-refractivity contribution in [3.8, 4) is 6.01 Å². The molecule has 2 aromatic rings. The molecule has 3 heterocycles. The van der Waals surface area contributed by atoms with Crippen molar-refractivity contribution in [2.45, 2.75) is 37.9 Å². The van der Waals surface area contributed by atoms with Gasteiger partial charge >= 0.3 is 6.01 Å². The highest BCUT2D eigenvalue weighted by Gasteiger charge is 2.36. The minimum Gasteiger partial charge on any atom is -0.467 e. The third-order valence-corrected chi connectivity index (χ3v) is 4.93. The van der Waals surface area contributed by atoms with Crippen LogP contribution in [-0.2, 0) is 6.54 Å². The second-order valence-electron chi connectivity index (χ2n) is 6.31. The van der Waals surface area contributed by atoms with E-state index < -0.39 is 0 Å². The van der Waals surface area contributed by atoms with Gasteiger partial charge in [-0.15, -0.1) is 0 Å². The lowest BCUT2D eigenvalue weighted by atomic mass is 9.96. The van der Waals surface area contributed by atoms with E-state index in [2.05, 4.69) is 51.3 Å². The van der Waals surface area contributed by atoms with Crippen molar-refractivity contribution >= 4 is 5.57 Å². The highest BCUT2D eigenvalue weighted by molar-refractivity contribution is 5.67. The Morgan fingerprint density at radius 2 is 1.91 bits per heavy atom. The van der Waals surface area contributed by atoms with E-state index in [4.69, 9.17) is 4.74 Å². The molecule has 0 N–H and O–H groups in total. The summed E-state index contributed by atoms with van der Waals surface area (Å²) in [5, 5.41) is 0. The molecule has 4 nitrogen and oxygen atoms in total. The normalized spacial score (nSPS) is 23.6. The van der Waals surface area contributed by atoms with Gasteiger partial charge in [-0.1, -0.05) is 36.4 Å². The smallest absolute Gasteiger partial charge is 0.316 e. The molecule has 4 rings (SSSR count). The molecule has 2 aliphatic rings. The summed E-state index contributed by atoms with van der Waals surface area (Å²) in [7, 11) is 1.59. The van der Waals surface area contributed by atoms with Crippen LogP contribution in [0.25, 0.3) is 5.57 Å². The maximum absolute atomic E-state index is 5.04. The average molecular weight is 307 g/mol. The van der Waals surface area contributed by atoms with Gasteiger partial charge in [-0.3, -0.25) is 4.90 Å².